The highest BCUT2D eigenvalue weighted by Gasteiger charge is 2.29. The van der Waals surface area contributed by atoms with E-state index in [0.717, 1.165) is 150 Å². The van der Waals surface area contributed by atoms with Crippen molar-refractivity contribution in [1.82, 2.24) is 40.1 Å². The molecular weight excluding hydrogens is 1740 g/mol. The van der Waals surface area contributed by atoms with E-state index in [1.165, 1.54) is 16.7 Å². The zero-order valence-corrected chi connectivity index (χ0v) is 76.7. The summed E-state index contributed by atoms with van der Waals surface area (Å²) in [6, 6.07) is 63.3. The van der Waals surface area contributed by atoms with Crippen molar-refractivity contribution in [3.05, 3.63) is 239 Å². The minimum absolute atomic E-state index is 0.143. The van der Waals surface area contributed by atoms with Crippen LogP contribution in [0.3, 0.4) is 0 Å². The van der Waals surface area contributed by atoms with Crippen molar-refractivity contribution < 1.29 is 120 Å². The van der Waals surface area contributed by atoms with Gasteiger partial charge in [-0.3, -0.25) is 57.9 Å². The number of nitrogens with zero attached hydrogens (tertiary/aromatic N) is 4. The van der Waals surface area contributed by atoms with Crippen molar-refractivity contribution in [2.24, 2.45) is 0 Å². The molecule has 0 amide bonds. The van der Waals surface area contributed by atoms with E-state index in [1.807, 2.05) is 180 Å². The average molecular weight is 1860 g/mol. The lowest BCUT2D eigenvalue weighted by molar-refractivity contribution is -0.154. The van der Waals surface area contributed by atoms with Crippen molar-refractivity contribution >= 4 is 71.7 Å². The van der Waals surface area contributed by atoms with E-state index in [2.05, 4.69) is 54.5 Å². The van der Waals surface area contributed by atoms with Crippen molar-refractivity contribution in [3.8, 4) is 46.0 Å². The summed E-state index contributed by atoms with van der Waals surface area (Å²) in [4.78, 5) is 103. The number of hydrogen-bond acceptors (Lipinski definition) is 31. The SMILES string of the molecule is COc1cccc(CCc2ccccc2OCC(CN2CCCS2)OC(=O)CCC(=O)O)c1.COc1cccc(CCc2ccccc2OCC(CN2CNNC2)OC(=O)CCC(=O)O)c1.COc1cccc(CCc2ccccc2OCC(CN2CNOC2)OC(=O)CCC(=O)O)c1.COc1cccc(CCc2ccccc2OCC(CN2CNSC2)OC(=O)CCC(=O)O)c1. The quantitative estimate of drug-likeness (QED) is 0.00997. The third-order valence-corrected chi connectivity index (χ3v) is 22.8. The lowest BCUT2D eigenvalue weighted by atomic mass is 10.0. The number of carboxylic acids is 4. The zero-order valence-electron chi connectivity index (χ0n) is 75.1. The minimum Gasteiger partial charge on any atom is -0.497 e. The Morgan fingerprint density at radius 2 is 0.682 bits per heavy atom. The Balaban J connectivity index is 0.000000198. The van der Waals surface area contributed by atoms with Crippen LogP contribution in [-0.4, -0.2) is 244 Å². The van der Waals surface area contributed by atoms with Gasteiger partial charge in [0.2, 0.25) is 0 Å². The predicted molar refractivity (Wildman–Crippen MR) is 496 cm³/mol. The molecule has 0 aromatic heterocycles. The predicted octanol–water partition coefficient (Wildman–Crippen LogP) is 11.4. The minimum atomic E-state index is -1.04. The number of benzene rings is 8. The normalized spacial score (nSPS) is 14.6. The van der Waals surface area contributed by atoms with Crippen molar-refractivity contribution in [1.29, 1.82) is 0 Å². The molecule has 0 aliphatic carbocycles. The molecule has 12 rings (SSSR count). The number of para-hydroxylation sites is 4. The number of hydrogen-bond donors (Lipinski definition) is 8. The molecule has 4 heterocycles. The number of aliphatic carboxylic acids is 4. The molecule has 0 bridgehead atoms. The number of rotatable bonds is 52. The van der Waals surface area contributed by atoms with Crippen LogP contribution in [0.15, 0.2) is 194 Å². The molecule has 4 unspecified atom stereocenters. The van der Waals surface area contributed by atoms with E-state index in [-0.39, 0.29) is 77.8 Å². The first-order chi connectivity index (χ1) is 64.1. The van der Waals surface area contributed by atoms with Gasteiger partial charge in [0.05, 0.1) is 112 Å². The summed E-state index contributed by atoms with van der Waals surface area (Å²) in [5.41, 5.74) is 17.7. The molecule has 132 heavy (non-hydrogen) atoms. The van der Waals surface area contributed by atoms with E-state index in [1.54, 1.807) is 52.3 Å². The number of aryl methyl sites for hydroxylation is 8. The number of carboxylic acid groups (broad SMARTS) is 4. The molecule has 8 N–H and O–H groups in total. The van der Waals surface area contributed by atoms with Crippen LogP contribution < -0.4 is 58.9 Å². The van der Waals surface area contributed by atoms with Crippen molar-refractivity contribution in [2.45, 2.75) is 134 Å². The number of ether oxygens (including phenoxy) is 12. The number of esters is 4. The summed E-state index contributed by atoms with van der Waals surface area (Å²) < 4.78 is 73.1. The maximum Gasteiger partial charge on any atom is 0.306 e. The molecule has 4 aliphatic heterocycles. The molecular formula is C97H122N8O25S2. The van der Waals surface area contributed by atoms with E-state index in [0.29, 0.717) is 59.6 Å². The molecule has 4 atom stereocenters. The summed E-state index contributed by atoms with van der Waals surface area (Å²) in [7, 11) is 6.62. The fraction of sp³-hybridized carbons (Fsp3) is 0.423. The zero-order chi connectivity index (χ0) is 93.9. The number of nitrogens with one attached hydrogen (secondary N) is 4. The van der Waals surface area contributed by atoms with Crippen molar-refractivity contribution in [2.75, 3.05) is 133 Å². The molecule has 0 spiro atoms. The number of carbonyl (C=O) groups is 8. The Hall–Kier alpha value is -11.7. The van der Waals surface area contributed by atoms with Gasteiger partial charge in [-0.15, -0.1) is 0 Å². The first-order valence-corrected chi connectivity index (χ1v) is 45.8. The summed E-state index contributed by atoms with van der Waals surface area (Å²) in [5.74, 6) is 1.87. The fourth-order valence-electron chi connectivity index (χ4n) is 14.0. The van der Waals surface area contributed by atoms with E-state index < -0.39 is 72.2 Å². The molecule has 35 heteroatoms. The Kier molecular flexibility index (Phi) is 46.4. The van der Waals surface area contributed by atoms with Gasteiger partial charge in [-0.2, -0.15) is 5.48 Å². The van der Waals surface area contributed by atoms with Gasteiger partial charge in [-0.25, -0.2) is 19.9 Å². The van der Waals surface area contributed by atoms with Crippen LogP contribution >= 0.6 is 23.9 Å². The molecule has 4 saturated heterocycles. The topological polar surface area (TPSA) is 399 Å². The van der Waals surface area contributed by atoms with Crippen LogP contribution in [-0.2, 0) is 114 Å². The Labute approximate surface area is 778 Å². The first-order valence-electron chi connectivity index (χ1n) is 43.8. The molecule has 0 radical (unpaired) electrons. The standard InChI is InChI=1S/C25H31NO6S.C24H31N3O6.C24H30N2O7.C24H30N2O6S/c1-30-21-8-4-6-19(16-21)10-11-20-7-2-3-9-23(20)31-18-22(17-26-14-5-15-33-26)32-25(29)13-12-24(27)28;1-31-20-7-4-5-18(13-20)9-10-19-6-2-3-8-22(19)32-15-21(14-27-16-25-26-17-27)33-24(30)12-11-23(28)29;1-30-20-7-4-5-18(13-20)9-10-19-6-2-3-8-22(19)31-15-21(14-26-16-25-32-17-26)33-24(29)12-11-23(27)28;1-30-20-7-4-5-18(13-20)9-10-19-6-2-3-8-22(19)31-15-21(14-26-16-25-33-17-26)32-24(29)12-11-23(27)28/h2-4,6-9,16,22H,5,10-15,17-18H2,1H3,(H,27,28);2-8,13,21,25-26H,9-12,14-17H2,1H3,(H,28,29);2*2-8,13,21,25H,9-12,14-17H2,1H3,(H,27,28). The lowest BCUT2D eigenvalue weighted by Gasteiger charge is -2.23. The van der Waals surface area contributed by atoms with Crippen LogP contribution in [0.4, 0.5) is 0 Å². The van der Waals surface area contributed by atoms with Crippen LogP contribution in [0.5, 0.6) is 46.0 Å². The van der Waals surface area contributed by atoms with Gasteiger partial charge in [0.1, 0.15) is 104 Å². The van der Waals surface area contributed by atoms with Gasteiger partial charge in [0.25, 0.3) is 0 Å². The highest BCUT2D eigenvalue weighted by molar-refractivity contribution is 7.97. The van der Waals surface area contributed by atoms with E-state index in [9.17, 15) is 38.4 Å². The molecule has 4 aliphatic rings. The van der Waals surface area contributed by atoms with Crippen LogP contribution in [0.25, 0.3) is 0 Å². The number of methoxy groups -OCH3 is 4. The number of hydroxylamine groups is 1. The van der Waals surface area contributed by atoms with Crippen molar-refractivity contribution in [3.63, 3.8) is 0 Å². The molecule has 8 aromatic carbocycles. The summed E-state index contributed by atoms with van der Waals surface area (Å²) in [6.07, 6.45) is 3.84. The smallest absolute Gasteiger partial charge is 0.306 e. The Morgan fingerprint density at radius 3 is 0.970 bits per heavy atom. The number of hydrazine groups is 1. The van der Waals surface area contributed by atoms with E-state index >= 15 is 0 Å². The fourth-order valence-corrected chi connectivity index (χ4v) is 15.8. The maximum atomic E-state index is 12.1. The van der Waals surface area contributed by atoms with Crippen LogP contribution in [0.1, 0.15) is 102 Å². The molecule has 4 fully saturated rings. The highest BCUT2D eigenvalue weighted by atomic mass is 32.2. The third-order valence-electron chi connectivity index (χ3n) is 20.8. The monoisotopic (exact) mass is 1860 g/mol. The van der Waals surface area contributed by atoms with E-state index in [4.69, 9.17) is 82.1 Å². The second-order valence-electron chi connectivity index (χ2n) is 31.1. The third kappa shape index (κ3) is 40.5. The molecule has 8 aromatic rings. The van der Waals surface area contributed by atoms with Crippen LogP contribution in [0.2, 0.25) is 0 Å². The van der Waals surface area contributed by atoms with Gasteiger partial charge in [0.15, 0.2) is 0 Å². The lowest BCUT2D eigenvalue weighted by Crippen LogP contribution is -2.38. The highest BCUT2D eigenvalue weighted by Crippen LogP contribution is 2.29. The van der Waals surface area contributed by atoms with Gasteiger partial charge in [-0.1, -0.05) is 145 Å². The Bertz CT molecular complexity index is 4270. The summed E-state index contributed by atoms with van der Waals surface area (Å²) in [5, 5.41) is 35.2. The summed E-state index contributed by atoms with van der Waals surface area (Å²) >= 11 is 3.32. The molecule has 0 saturated carbocycles. The largest absolute Gasteiger partial charge is 0.497 e. The van der Waals surface area contributed by atoms with Gasteiger partial charge < -0.3 is 77.3 Å². The second kappa shape index (κ2) is 58.9. The number of carbonyl (C=O) groups excluding carboxylic acids is 4. The van der Waals surface area contributed by atoms with Gasteiger partial charge >= 0.3 is 47.8 Å². The van der Waals surface area contributed by atoms with Gasteiger partial charge in [0, 0.05) is 38.5 Å². The average Bonchev–Trinajstić information content (AvgIpc) is 1.06. The van der Waals surface area contributed by atoms with Gasteiger partial charge in [-0.05, 0) is 175 Å². The first kappa shape index (κ1) is 104. The maximum absolute atomic E-state index is 12.1. The summed E-state index contributed by atoms with van der Waals surface area (Å²) in [6.45, 7) is 6.35. The molecule has 33 nitrogen and oxygen atoms in total. The molecule has 712 valence electrons. The van der Waals surface area contributed by atoms with Crippen LogP contribution in [0, 0.1) is 0 Å². The second-order valence-corrected chi connectivity index (χ2v) is 33.1. The Morgan fingerprint density at radius 1 is 0.364 bits per heavy atom.